The Morgan fingerprint density at radius 3 is 2.70 bits per heavy atom. The standard InChI is InChI=1S/C6H6N2O2/c7-5-2-1-4(3-8-5)6(9)10/h1-3H,(H2,7,8)(H,9,10)/p+1. The average molecular weight is 139 g/mol. The van der Waals surface area contributed by atoms with Crippen LogP contribution in [0.15, 0.2) is 18.3 Å². The fourth-order valence-electron chi connectivity index (χ4n) is 0.570. The van der Waals surface area contributed by atoms with Gasteiger partial charge in [-0.3, -0.25) is 5.73 Å². The minimum Gasteiger partial charge on any atom is -0.478 e. The van der Waals surface area contributed by atoms with Crippen LogP contribution in [0.1, 0.15) is 10.4 Å². The van der Waals surface area contributed by atoms with Crippen LogP contribution in [-0.4, -0.2) is 11.1 Å². The number of hydrogen-bond donors (Lipinski definition) is 2. The van der Waals surface area contributed by atoms with Gasteiger partial charge in [0.1, 0.15) is 6.20 Å². The maximum absolute atomic E-state index is 10.3. The van der Waals surface area contributed by atoms with Crippen LogP contribution in [0.3, 0.4) is 0 Å². The van der Waals surface area contributed by atoms with E-state index in [0.717, 1.165) is 0 Å². The third-order valence-corrected chi connectivity index (χ3v) is 1.08. The number of carboxylic acid groups (broad SMARTS) is 1. The van der Waals surface area contributed by atoms with Crippen molar-refractivity contribution in [2.75, 3.05) is 5.73 Å². The van der Waals surface area contributed by atoms with Crippen LogP contribution < -0.4 is 10.7 Å². The first-order valence-corrected chi connectivity index (χ1v) is 2.70. The lowest BCUT2D eigenvalue weighted by molar-refractivity contribution is -0.360. The molecule has 4 heteroatoms. The number of nitrogens with one attached hydrogen (secondary N) is 1. The van der Waals surface area contributed by atoms with Gasteiger partial charge in [-0.2, -0.15) is 0 Å². The molecule has 0 aliphatic heterocycles. The summed E-state index contributed by atoms with van der Waals surface area (Å²) in [5.74, 6) is -0.513. The van der Waals surface area contributed by atoms with E-state index in [2.05, 4.69) is 4.98 Å². The highest BCUT2D eigenvalue weighted by Gasteiger charge is 2.02. The third-order valence-electron chi connectivity index (χ3n) is 1.08. The van der Waals surface area contributed by atoms with Gasteiger partial charge in [-0.25, -0.2) is 9.78 Å². The van der Waals surface area contributed by atoms with E-state index in [4.69, 9.17) is 10.8 Å². The van der Waals surface area contributed by atoms with Crippen LogP contribution in [0.4, 0.5) is 5.82 Å². The van der Waals surface area contributed by atoms with Crippen LogP contribution in [0, 0.1) is 0 Å². The van der Waals surface area contributed by atoms with Gasteiger partial charge in [0.05, 0.1) is 5.56 Å². The molecule has 0 aliphatic rings. The lowest BCUT2D eigenvalue weighted by Gasteiger charge is -1.88. The maximum atomic E-state index is 10.3. The summed E-state index contributed by atoms with van der Waals surface area (Å²) in [4.78, 5) is 12.8. The van der Waals surface area contributed by atoms with Crippen LogP contribution in [0.2, 0.25) is 0 Å². The molecule has 0 aromatic carbocycles. The highest BCUT2D eigenvalue weighted by molar-refractivity contribution is 5.86. The van der Waals surface area contributed by atoms with Crippen LogP contribution in [0.25, 0.3) is 0 Å². The molecule has 1 aromatic rings. The Labute approximate surface area is 57.3 Å². The van der Waals surface area contributed by atoms with E-state index >= 15 is 0 Å². The Kier molecular flexibility index (Phi) is 1.53. The van der Waals surface area contributed by atoms with Crippen molar-refractivity contribution in [1.29, 1.82) is 0 Å². The average Bonchev–Trinajstić information content (AvgIpc) is 1.88. The molecular weight excluding hydrogens is 132 g/mol. The molecule has 0 bridgehead atoms. The van der Waals surface area contributed by atoms with Crippen molar-refractivity contribution in [2.45, 2.75) is 0 Å². The number of nitrogens with two attached hydrogens (primary N) is 1. The summed E-state index contributed by atoms with van der Waals surface area (Å²) < 4.78 is 0. The van der Waals surface area contributed by atoms with Crippen LogP contribution >= 0.6 is 0 Å². The van der Waals surface area contributed by atoms with Gasteiger partial charge in [0.15, 0.2) is 0 Å². The molecule has 10 heavy (non-hydrogen) atoms. The number of carbonyl (C=O) groups is 1. The Hall–Kier alpha value is -1.58. The molecule has 1 heterocycles. The molecular formula is C6H7N2O2+. The number of aromatic carboxylic acids is 1. The molecule has 0 aliphatic carbocycles. The molecule has 0 spiro atoms. The maximum Gasteiger partial charge on any atom is 0.339 e. The van der Waals surface area contributed by atoms with Gasteiger partial charge in [0.25, 0.3) is 5.82 Å². The van der Waals surface area contributed by atoms with Gasteiger partial charge < -0.3 is 5.11 Å². The molecule has 0 radical (unpaired) electrons. The second-order valence-corrected chi connectivity index (χ2v) is 1.84. The Morgan fingerprint density at radius 2 is 2.30 bits per heavy atom. The topological polar surface area (TPSA) is 77.5 Å². The smallest absolute Gasteiger partial charge is 0.339 e. The van der Waals surface area contributed by atoms with Gasteiger partial charge in [-0.15, -0.1) is 0 Å². The molecule has 1 aromatic heterocycles. The zero-order valence-electron chi connectivity index (χ0n) is 5.16. The molecule has 0 atom stereocenters. The van der Waals surface area contributed by atoms with Gasteiger partial charge >= 0.3 is 5.97 Å². The molecule has 0 unspecified atom stereocenters. The molecule has 0 saturated heterocycles. The number of H-pyrrole nitrogens is 1. The molecule has 4 nitrogen and oxygen atoms in total. The first kappa shape index (κ1) is 6.54. The van der Waals surface area contributed by atoms with Crippen LogP contribution in [-0.2, 0) is 0 Å². The largest absolute Gasteiger partial charge is 0.478 e. The Balaban J connectivity index is 3.00. The van der Waals surface area contributed by atoms with E-state index in [9.17, 15) is 4.79 Å². The fraction of sp³-hybridized carbons (Fsp3) is 0. The number of aromatic amines is 1. The van der Waals surface area contributed by atoms with Gasteiger partial charge in [-0.05, 0) is 6.07 Å². The van der Waals surface area contributed by atoms with E-state index in [1.165, 1.54) is 18.3 Å². The molecule has 1 rings (SSSR count). The van der Waals surface area contributed by atoms with Crippen LogP contribution in [0.5, 0.6) is 0 Å². The van der Waals surface area contributed by atoms with Crippen molar-refractivity contribution >= 4 is 11.8 Å². The Bertz CT molecular complexity index is 242. The molecule has 0 amide bonds. The van der Waals surface area contributed by atoms with Gasteiger partial charge in [0, 0.05) is 6.07 Å². The summed E-state index contributed by atoms with van der Waals surface area (Å²) in [6.07, 6.45) is 1.34. The number of carboxylic acids is 1. The molecule has 0 fully saturated rings. The number of anilines is 1. The predicted octanol–water partition coefficient (Wildman–Crippen LogP) is -0.219. The van der Waals surface area contributed by atoms with E-state index < -0.39 is 5.97 Å². The number of pyridine rings is 1. The van der Waals surface area contributed by atoms with Crippen molar-refractivity contribution < 1.29 is 14.9 Å². The normalized spacial score (nSPS) is 9.20. The Morgan fingerprint density at radius 1 is 1.60 bits per heavy atom. The summed E-state index contributed by atoms with van der Waals surface area (Å²) in [7, 11) is 0. The monoisotopic (exact) mass is 139 g/mol. The summed E-state index contributed by atoms with van der Waals surface area (Å²) in [5, 5.41) is 8.41. The molecule has 4 N–H and O–H groups in total. The summed E-state index contributed by atoms with van der Waals surface area (Å²) >= 11 is 0. The summed E-state index contributed by atoms with van der Waals surface area (Å²) in [5.41, 5.74) is 5.48. The van der Waals surface area contributed by atoms with Crippen molar-refractivity contribution in [3.8, 4) is 0 Å². The first-order chi connectivity index (χ1) is 4.70. The van der Waals surface area contributed by atoms with Gasteiger partial charge in [0.2, 0.25) is 0 Å². The zero-order chi connectivity index (χ0) is 7.56. The predicted molar refractivity (Wildman–Crippen MR) is 34.4 cm³/mol. The van der Waals surface area contributed by atoms with Crippen molar-refractivity contribution in [3.63, 3.8) is 0 Å². The number of nitrogen functional groups attached to an aromatic ring is 1. The first-order valence-electron chi connectivity index (χ1n) is 2.70. The zero-order valence-corrected chi connectivity index (χ0v) is 5.16. The SMILES string of the molecule is Nc1ccc(C(=O)O)c[nH+]1. The van der Waals surface area contributed by atoms with E-state index in [-0.39, 0.29) is 5.56 Å². The minimum atomic E-state index is -0.962. The van der Waals surface area contributed by atoms with Crippen molar-refractivity contribution in [1.82, 2.24) is 0 Å². The van der Waals surface area contributed by atoms with Gasteiger partial charge in [-0.1, -0.05) is 0 Å². The van der Waals surface area contributed by atoms with Crippen molar-refractivity contribution in [3.05, 3.63) is 23.9 Å². The fourth-order valence-corrected chi connectivity index (χ4v) is 0.570. The number of aromatic nitrogens is 1. The summed E-state index contributed by atoms with van der Waals surface area (Å²) in [6, 6.07) is 2.94. The second-order valence-electron chi connectivity index (χ2n) is 1.84. The summed E-state index contributed by atoms with van der Waals surface area (Å²) in [6.45, 7) is 0. The highest BCUT2D eigenvalue weighted by atomic mass is 16.4. The van der Waals surface area contributed by atoms with E-state index in [1.807, 2.05) is 0 Å². The minimum absolute atomic E-state index is 0.203. The van der Waals surface area contributed by atoms with E-state index in [0.29, 0.717) is 5.82 Å². The lowest BCUT2D eigenvalue weighted by Crippen LogP contribution is -2.12. The lowest BCUT2D eigenvalue weighted by atomic mass is 10.3. The third kappa shape index (κ3) is 1.22. The quantitative estimate of drug-likeness (QED) is 0.564. The number of rotatable bonds is 1. The molecule has 0 saturated carbocycles. The van der Waals surface area contributed by atoms with Crippen molar-refractivity contribution in [2.24, 2.45) is 0 Å². The second kappa shape index (κ2) is 2.34. The van der Waals surface area contributed by atoms with E-state index in [1.54, 1.807) is 0 Å². The highest BCUT2D eigenvalue weighted by Crippen LogP contribution is 1.95. The molecule has 52 valence electrons. The number of hydrogen-bond acceptors (Lipinski definition) is 2.